The first kappa shape index (κ1) is 25.6. The number of amides is 1. The van der Waals surface area contributed by atoms with E-state index >= 15 is 0 Å². The Morgan fingerprint density at radius 1 is 1.08 bits per heavy atom. The van der Waals surface area contributed by atoms with Crippen LogP contribution in [0.25, 0.3) is 11.3 Å². The highest BCUT2D eigenvalue weighted by Crippen LogP contribution is 2.31. The van der Waals surface area contributed by atoms with Crippen LogP contribution < -0.4 is 5.32 Å². The first-order valence-electron chi connectivity index (χ1n) is 10.9. The second-order valence-electron chi connectivity index (χ2n) is 8.27. The van der Waals surface area contributed by atoms with Gasteiger partial charge in [0.2, 0.25) is 15.9 Å². The average Bonchev–Trinajstić information content (AvgIpc) is 3.25. The summed E-state index contributed by atoms with van der Waals surface area (Å²) in [4.78, 5) is 24.4. The molecular weight excluding hydrogens is 502 g/mol. The number of hydrogen-bond donors (Lipinski definition) is 1. The molecule has 4 rings (SSSR count). The van der Waals surface area contributed by atoms with Gasteiger partial charge in [0.1, 0.15) is 23.9 Å². The number of benzene rings is 1. The molecule has 190 valence electrons. The third kappa shape index (κ3) is 5.36. The molecule has 13 heteroatoms. The van der Waals surface area contributed by atoms with Crippen LogP contribution in [0.15, 0.2) is 59.9 Å². The fraction of sp³-hybridized carbons (Fsp3) is 0.304. The molecule has 36 heavy (non-hydrogen) atoms. The molecule has 1 amide bonds. The van der Waals surface area contributed by atoms with Gasteiger partial charge in [-0.2, -0.15) is 17.5 Å². The average molecular weight is 524 g/mol. The highest BCUT2D eigenvalue weighted by atomic mass is 32.2. The zero-order valence-electron chi connectivity index (χ0n) is 18.9. The molecule has 0 radical (unpaired) electrons. The summed E-state index contributed by atoms with van der Waals surface area (Å²) in [5.41, 5.74) is -0.0180. The van der Waals surface area contributed by atoms with E-state index in [9.17, 15) is 30.8 Å². The number of rotatable bonds is 6. The maximum atomic E-state index is 13.3. The zero-order chi connectivity index (χ0) is 26.1. The van der Waals surface area contributed by atoms with Crippen molar-refractivity contribution in [1.29, 1.82) is 0 Å². The summed E-state index contributed by atoms with van der Waals surface area (Å²) in [6.07, 6.45) is -1.53. The molecule has 0 saturated carbocycles. The van der Waals surface area contributed by atoms with E-state index in [2.05, 4.69) is 20.3 Å². The van der Waals surface area contributed by atoms with E-state index in [0.717, 1.165) is 40.8 Å². The van der Waals surface area contributed by atoms with Gasteiger partial charge in [-0.05, 0) is 62.2 Å². The van der Waals surface area contributed by atoms with Gasteiger partial charge in [-0.3, -0.25) is 9.78 Å². The van der Waals surface area contributed by atoms with Crippen molar-refractivity contribution >= 4 is 15.9 Å². The first-order valence-corrected chi connectivity index (χ1v) is 12.3. The molecule has 0 aliphatic carbocycles. The van der Waals surface area contributed by atoms with Gasteiger partial charge in [0, 0.05) is 17.8 Å². The van der Waals surface area contributed by atoms with Crippen LogP contribution in [0.4, 0.5) is 17.6 Å². The molecule has 3 heterocycles. The van der Waals surface area contributed by atoms with Crippen molar-refractivity contribution in [2.45, 2.75) is 49.5 Å². The molecular formula is C23H21F4N5O3S. The minimum atomic E-state index is -4.56. The van der Waals surface area contributed by atoms with E-state index < -0.39 is 45.7 Å². The Labute approximate surface area is 204 Å². The molecule has 2 atom stereocenters. The number of carbonyl (C=O) groups excluding carboxylic acids is 1. The largest absolute Gasteiger partial charge is 0.433 e. The van der Waals surface area contributed by atoms with Crippen molar-refractivity contribution in [2.24, 2.45) is 0 Å². The lowest BCUT2D eigenvalue weighted by Gasteiger charge is -2.27. The number of nitrogens with zero attached hydrogens (tertiary/aromatic N) is 4. The SMILES string of the molecule is C[C@H]1CCC(C(=O)NCc2cc(-c3ccc(C(F)(F)F)nc3)ncn2)N1S(=O)(=O)c1ccc(F)cc1. The predicted octanol–water partition coefficient (Wildman–Crippen LogP) is 3.55. The lowest BCUT2D eigenvalue weighted by Crippen LogP contribution is -2.48. The summed E-state index contributed by atoms with van der Waals surface area (Å²) in [7, 11) is -4.05. The van der Waals surface area contributed by atoms with Crippen molar-refractivity contribution in [2.75, 3.05) is 0 Å². The lowest BCUT2D eigenvalue weighted by molar-refractivity contribution is -0.141. The summed E-state index contributed by atoms with van der Waals surface area (Å²) in [5.74, 6) is -1.10. The van der Waals surface area contributed by atoms with E-state index in [4.69, 9.17) is 0 Å². The molecule has 1 aliphatic heterocycles. The molecule has 1 N–H and O–H groups in total. The third-order valence-electron chi connectivity index (χ3n) is 5.81. The van der Waals surface area contributed by atoms with Crippen LogP contribution in [-0.2, 0) is 27.5 Å². The van der Waals surface area contributed by atoms with Crippen LogP contribution in [0.3, 0.4) is 0 Å². The monoisotopic (exact) mass is 523 g/mol. The van der Waals surface area contributed by atoms with Gasteiger partial charge in [-0.25, -0.2) is 22.8 Å². The number of carbonyl (C=O) groups is 1. The maximum Gasteiger partial charge on any atom is 0.433 e. The van der Waals surface area contributed by atoms with E-state index in [1.165, 1.54) is 18.5 Å². The van der Waals surface area contributed by atoms with Gasteiger partial charge < -0.3 is 5.32 Å². The van der Waals surface area contributed by atoms with Gasteiger partial charge in [-0.15, -0.1) is 0 Å². The van der Waals surface area contributed by atoms with Gasteiger partial charge in [0.05, 0.1) is 22.8 Å². The van der Waals surface area contributed by atoms with Crippen molar-refractivity contribution in [3.05, 3.63) is 72.2 Å². The Morgan fingerprint density at radius 2 is 1.81 bits per heavy atom. The smallest absolute Gasteiger partial charge is 0.349 e. The molecule has 0 bridgehead atoms. The number of sulfonamides is 1. The van der Waals surface area contributed by atoms with E-state index in [1.807, 2.05) is 0 Å². The summed E-state index contributed by atoms with van der Waals surface area (Å²) in [5, 5.41) is 2.67. The minimum Gasteiger partial charge on any atom is -0.349 e. The molecule has 0 spiro atoms. The highest BCUT2D eigenvalue weighted by Gasteiger charge is 2.43. The number of nitrogens with one attached hydrogen (secondary N) is 1. The van der Waals surface area contributed by atoms with Crippen molar-refractivity contribution in [3.63, 3.8) is 0 Å². The van der Waals surface area contributed by atoms with Gasteiger partial charge >= 0.3 is 6.18 Å². The zero-order valence-corrected chi connectivity index (χ0v) is 19.7. The van der Waals surface area contributed by atoms with Crippen LogP contribution in [0, 0.1) is 5.82 Å². The van der Waals surface area contributed by atoms with E-state index in [-0.39, 0.29) is 11.4 Å². The molecule has 1 fully saturated rings. The predicted molar refractivity (Wildman–Crippen MR) is 120 cm³/mol. The van der Waals surface area contributed by atoms with Gasteiger partial charge in [-0.1, -0.05) is 0 Å². The fourth-order valence-electron chi connectivity index (χ4n) is 4.00. The Kier molecular flexibility index (Phi) is 7.05. The third-order valence-corrected chi connectivity index (χ3v) is 7.85. The summed E-state index contributed by atoms with van der Waals surface area (Å²) in [6.45, 7) is 1.64. The van der Waals surface area contributed by atoms with Crippen molar-refractivity contribution in [3.8, 4) is 11.3 Å². The van der Waals surface area contributed by atoms with Crippen LogP contribution in [0.5, 0.6) is 0 Å². The number of halogens is 4. The number of aromatic nitrogens is 3. The van der Waals surface area contributed by atoms with Gasteiger partial charge in [0.15, 0.2) is 0 Å². The number of pyridine rings is 1. The van der Waals surface area contributed by atoms with Gasteiger partial charge in [0.25, 0.3) is 0 Å². The van der Waals surface area contributed by atoms with Crippen molar-refractivity contribution in [1.82, 2.24) is 24.6 Å². The van der Waals surface area contributed by atoms with E-state index in [1.54, 1.807) is 6.92 Å². The fourth-order valence-corrected chi connectivity index (χ4v) is 5.84. The molecule has 1 aromatic carbocycles. The van der Waals surface area contributed by atoms with Crippen LogP contribution >= 0.6 is 0 Å². The number of hydrogen-bond acceptors (Lipinski definition) is 6. The second kappa shape index (κ2) is 9.90. The Bertz CT molecular complexity index is 1350. The summed E-state index contributed by atoms with van der Waals surface area (Å²) in [6, 6.07) is 6.57. The standard InChI is InChI=1S/C23H21F4N5O3S/c1-14-2-8-20(32(14)36(34,35)18-6-4-16(24)5-7-18)22(33)29-12-17-10-19(31-13-30-17)15-3-9-21(28-11-15)23(25,26)27/h3-7,9-11,13-14,20H,2,8,12H2,1H3,(H,29,33)/t14-,20?/m0/s1. The van der Waals surface area contributed by atoms with Crippen LogP contribution in [0.1, 0.15) is 31.2 Å². The normalized spacial score (nSPS) is 18.8. The van der Waals surface area contributed by atoms with Crippen molar-refractivity contribution < 1.29 is 30.8 Å². The summed E-state index contributed by atoms with van der Waals surface area (Å²) >= 11 is 0. The maximum absolute atomic E-state index is 13.3. The molecule has 8 nitrogen and oxygen atoms in total. The minimum absolute atomic E-state index is 0.0578. The number of alkyl halides is 3. The van der Waals surface area contributed by atoms with Crippen LogP contribution in [0.2, 0.25) is 0 Å². The quantitative estimate of drug-likeness (QED) is 0.496. The Hall–Kier alpha value is -3.45. The molecule has 2 aromatic heterocycles. The first-order chi connectivity index (χ1) is 17.0. The molecule has 1 saturated heterocycles. The Balaban J connectivity index is 1.47. The second-order valence-corrected chi connectivity index (χ2v) is 10.1. The highest BCUT2D eigenvalue weighted by molar-refractivity contribution is 7.89. The topological polar surface area (TPSA) is 105 Å². The van der Waals surface area contributed by atoms with Crippen LogP contribution in [-0.4, -0.2) is 45.7 Å². The summed E-state index contributed by atoms with van der Waals surface area (Å²) < 4.78 is 78.9. The molecule has 3 aromatic rings. The van der Waals surface area contributed by atoms with E-state index in [0.29, 0.717) is 29.8 Å². The lowest BCUT2D eigenvalue weighted by atomic mass is 10.1. The Morgan fingerprint density at radius 3 is 2.44 bits per heavy atom. The molecule has 1 unspecified atom stereocenters. The molecule has 1 aliphatic rings.